The summed E-state index contributed by atoms with van der Waals surface area (Å²) in [7, 11) is 0. The van der Waals surface area contributed by atoms with E-state index in [4.69, 9.17) is 5.84 Å². The number of carbonyl (C=O) groups is 2. The van der Waals surface area contributed by atoms with Gasteiger partial charge >= 0.3 is 6.03 Å². The smallest absolute Gasteiger partial charge is 0.321 e. The van der Waals surface area contributed by atoms with Crippen LogP contribution in [0.1, 0.15) is 52.0 Å². The molecule has 3 rings (SSSR count). The van der Waals surface area contributed by atoms with Crippen LogP contribution in [0.4, 0.5) is 4.79 Å². The fourth-order valence-electron chi connectivity index (χ4n) is 3.28. The van der Waals surface area contributed by atoms with E-state index < -0.39 is 11.9 Å². The Morgan fingerprint density at radius 2 is 1.83 bits per heavy atom. The maximum Gasteiger partial charge on any atom is 0.321 e. The van der Waals surface area contributed by atoms with Gasteiger partial charge in [0.2, 0.25) is 11.1 Å². The Kier molecular flexibility index (Phi) is 6.46. The second-order valence-corrected chi connectivity index (χ2v) is 9.24. The SMILES string of the molecule is CC(C)(C)c1ccc(-c2nnc(SCC(=O)NC(=O)NC3CCCC3)n2N)cc1. The van der Waals surface area contributed by atoms with Crippen molar-refractivity contribution in [2.24, 2.45) is 0 Å². The van der Waals surface area contributed by atoms with Crippen molar-refractivity contribution in [3.8, 4) is 11.4 Å². The number of urea groups is 1. The van der Waals surface area contributed by atoms with Gasteiger partial charge in [0.15, 0.2) is 5.82 Å². The van der Waals surface area contributed by atoms with E-state index in [1.54, 1.807) is 0 Å². The summed E-state index contributed by atoms with van der Waals surface area (Å²) >= 11 is 1.14. The zero-order chi connectivity index (χ0) is 21.0. The number of nitrogens with one attached hydrogen (secondary N) is 2. The van der Waals surface area contributed by atoms with Gasteiger partial charge in [0, 0.05) is 11.6 Å². The van der Waals surface area contributed by atoms with Crippen molar-refractivity contribution in [3.63, 3.8) is 0 Å². The quantitative estimate of drug-likeness (QED) is 0.510. The summed E-state index contributed by atoms with van der Waals surface area (Å²) < 4.78 is 1.36. The van der Waals surface area contributed by atoms with E-state index in [1.165, 1.54) is 10.2 Å². The maximum atomic E-state index is 12.0. The van der Waals surface area contributed by atoms with Crippen molar-refractivity contribution >= 4 is 23.7 Å². The number of hydrogen-bond acceptors (Lipinski definition) is 6. The van der Waals surface area contributed by atoms with Crippen LogP contribution in [0.5, 0.6) is 0 Å². The van der Waals surface area contributed by atoms with Gasteiger partial charge in [-0.25, -0.2) is 9.47 Å². The van der Waals surface area contributed by atoms with Gasteiger partial charge in [-0.1, -0.05) is 69.6 Å². The van der Waals surface area contributed by atoms with E-state index >= 15 is 0 Å². The molecule has 4 N–H and O–H groups in total. The van der Waals surface area contributed by atoms with E-state index in [1.807, 2.05) is 24.3 Å². The molecule has 1 aromatic carbocycles. The molecule has 3 amide bonds. The van der Waals surface area contributed by atoms with Crippen LogP contribution >= 0.6 is 11.8 Å². The number of nitrogen functional groups attached to an aromatic ring is 1. The molecule has 8 nitrogen and oxygen atoms in total. The number of aromatic nitrogens is 3. The molecule has 0 spiro atoms. The van der Waals surface area contributed by atoms with Gasteiger partial charge in [0.05, 0.1) is 5.75 Å². The van der Waals surface area contributed by atoms with Crippen LogP contribution in [0.15, 0.2) is 29.4 Å². The highest BCUT2D eigenvalue weighted by Crippen LogP contribution is 2.26. The Bertz CT molecular complexity index is 866. The molecule has 0 radical (unpaired) electrons. The Hall–Kier alpha value is -2.55. The minimum Gasteiger partial charge on any atom is -0.335 e. The molecule has 156 valence electrons. The van der Waals surface area contributed by atoms with Crippen LogP contribution in [0.25, 0.3) is 11.4 Å². The number of nitrogens with two attached hydrogens (primary N) is 1. The summed E-state index contributed by atoms with van der Waals surface area (Å²) in [5.41, 5.74) is 2.12. The molecule has 0 aliphatic heterocycles. The average Bonchev–Trinajstić information content (AvgIpc) is 3.29. The third-order valence-corrected chi connectivity index (χ3v) is 5.89. The van der Waals surface area contributed by atoms with Crippen molar-refractivity contribution in [3.05, 3.63) is 29.8 Å². The molecule has 1 aromatic heterocycles. The first kappa shape index (κ1) is 21.2. The lowest BCUT2D eigenvalue weighted by Crippen LogP contribution is -2.44. The topological polar surface area (TPSA) is 115 Å². The van der Waals surface area contributed by atoms with Crippen molar-refractivity contribution in [1.29, 1.82) is 0 Å². The van der Waals surface area contributed by atoms with Gasteiger partial charge in [-0.05, 0) is 23.8 Å². The van der Waals surface area contributed by atoms with Gasteiger partial charge in [-0.3, -0.25) is 10.1 Å². The number of amides is 3. The molecule has 1 heterocycles. The normalized spacial score (nSPS) is 14.7. The number of thioether (sulfide) groups is 1. The van der Waals surface area contributed by atoms with Gasteiger partial charge in [-0.15, -0.1) is 10.2 Å². The zero-order valence-corrected chi connectivity index (χ0v) is 17.9. The number of imide groups is 1. The van der Waals surface area contributed by atoms with Gasteiger partial charge < -0.3 is 11.2 Å². The van der Waals surface area contributed by atoms with Crippen LogP contribution in [-0.2, 0) is 10.2 Å². The van der Waals surface area contributed by atoms with Crippen molar-refractivity contribution < 1.29 is 9.59 Å². The summed E-state index contributed by atoms with van der Waals surface area (Å²) in [6, 6.07) is 7.73. The van der Waals surface area contributed by atoms with Crippen LogP contribution in [0.3, 0.4) is 0 Å². The summed E-state index contributed by atoms with van der Waals surface area (Å²) in [6.07, 6.45) is 4.16. The first-order valence-corrected chi connectivity index (χ1v) is 10.8. The van der Waals surface area contributed by atoms with Gasteiger partial charge in [0.1, 0.15) is 0 Å². The molecular weight excluding hydrogens is 388 g/mol. The van der Waals surface area contributed by atoms with E-state index in [0.717, 1.165) is 43.0 Å². The highest BCUT2D eigenvalue weighted by atomic mass is 32.2. The molecule has 1 aliphatic carbocycles. The van der Waals surface area contributed by atoms with E-state index in [-0.39, 0.29) is 17.2 Å². The molecule has 1 fully saturated rings. The number of hydrogen-bond donors (Lipinski definition) is 3. The monoisotopic (exact) mass is 416 g/mol. The molecule has 29 heavy (non-hydrogen) atoms. The Labute approximate surface area is 175 Å². The Morgan fingerprint density at radius 3 is 2.45 bits per heavy atom. The molecule has 2 aromatic rings. The number of benzene rings is 1. The second-order valence-electron chi connectivity index (χ2n) is 8.30. The first-order valence-electron chi connectivity index (χ1n) is 9.78. The Balaban J connectivity index is 1.55. The zero-order valence-electron chi connectivity index (χ0n) is 17.1. The van der Waals surface area contributed by atoms with Crippen LogP contribution in [0, 0.1) is 0 Å². The summed E-state index contributed by atoms with van der Waals surface area (Å²) in [5, 5.41) is 13.8. The second kappa shape index (κ2) is 8.86. The van der Waals surface area contributed by atoms with Gasteiger partial charge in [0.25, 0.3) is 0 Å². The van der Waals surface area contributed by atoms with E-state index in [9.17, 15) is 9.59 Å². The van der Waals surface area contributed by atoms with Crippen LogP contribution in [0.2, 0.25) is 0 Å². The molecule has 0 unspecified atom stereocenters. The molecular formula is C20H28N6O2S. The molecule has 1 aliphatic rings. The number of nitrogens with zero attached hydrogens (tertiary/aromatic N) is 3. The predicted molar refractivity (Wildman–Crippen MR) is 114 cm³/mol. The fraction of sp³-hybridized carbons (Fsp3) is 0.500. The van der Waals surface area contributed by atoms with Crippen LogP contribution < -0.4 is 16.5 Å². The summed E-state index contributed by atoms with van der Waals surface area (Å²) in [6.45, 7) is 6.46. The number of rotatable bonds is 5. The lowest BCUT2D eigenvalue weighted by atomic mass is 9.87. The number of carbonyl (C=O) groups excluding carboxylic acids is 2. The van der Waals surface area contributed by atoms with E-state index in [2.05, 4.69) is 41.6 Å². The van der Waals surface area contributed by atoms with Crippen LogP contribution in [-0.4, -0.2) is 38.6 Å². The lowest BCUT2D eigenvalue weighted by molar-refractivity contribution is -0.117. The molecule has 0 bridgehead atoms. The minimum atomic E-state index is -0.448. The molecule has 1 saturated carbocycles. The molecule has 0 atom stereocenters. The predicted octanol–water partition coefficient (Wildman–Crippen LogP) is 2.82. The Morgan fingerprint density at radius 1 is 1.17 bits per heavy atom. The summed E-state index contributed by atoms with van der Waals surface area (Å²) in [4.78, 5) is 23.9. The standard InChI is InChI=1S/C20H28N6O2S/c1-20(2,3)14-10-8-13(9-11-14)17-24-25-19(26(17)21)29-12-16(27)23-18(28)22-15-6-4-5-7-15/h8-11,15H,4-7,12,21H2,1-3H3,(H2,22,23,27,28). The van der Waals surface area contributed by atoms with Crippen molar-refractivity contribution in [2.75, 3.05) is 11.6 Å². The molecule has 0 saturated heterocycles. The first-order chi connectivity index (χ1) is 13.7. The lowest BCUT2D eigenvalue weighted by Gasteiger charge is -2.19. The van der Waals surface area contributed by atoms with Gasteiger partial charge in [-0.2, -0.15) is 0 Å². The van der Waals surface area contributed by atoms with E-state index in [0.29, 0.717) is 11.0 Å². The highest BCUT2D eigenvalue weighted by Gasteiger charge is 2.19. The third-order valence-electron chi connectivity index (χ3n) is 4.95. The minimum absolute atomic E-state index is 0.0242. The molecule has 9 heteroatoms. The van der Waals surface area contributed by atoms with Crippen molar-refractivity contribution in [2.45, 2.75) is 63.1 Å². The largest absolute Gasteiger partial charge is 0.335 e. The fourth-order valence-corrected chi connectivity index (χ4v) is 3.93. The summed E-state index contributed by atoms with van der Waals surface area (Å²) in [5.74, 6) is 6.26. The highest BCUT2D eigenvalue weighted by molar-refractivity contribution is 7.99. The average molecular weight is 417 g/mol. The third kappa shape index (κ3) is 5.50. The van der Waals surface area contributed by atoms with Crippen molar-refractivity contribution in [1.82, 2.24) is 25.5 Å². The maximum absolute atomic E-state index is 12.0.